The molecule has 1 aromatic rings. The number of methoxy groups -OCH3 is 1. The summed E-state index contributed by atoms with van der Waals surface area (Å²) < 4.78 is 5.17. The molecular weight excluding hydrogens is 176 g/mol. The van der Waals surface area contributed by atoms with E-state index in [4.69, 9.17) is 4.74 Å². The molecule has 0 spiro atoms. The van der Waals surface area contributed by atoms with E-state index >= 15 is 0 Å². The molecule has 0 aromatic heterocycles. The Hall–Kier alpha value is -0.860. The summed E-state index contributed by atoms with van der Waals surface area (Å²) in [6, 6.07) is 8.06. The van der Waals surface area contributed by atoms with Crippen LogP contribution in [0.25, 0.3) is 0 Å². The standard InChI is InChI=1S/C12H16O2/c1-9-4-3-5-10(6-9)12(13)7-11(8-12)14-2/h3-6,11,13H,7-8H2,1-2H3. The first-order valence-electron chi connectivity index (χ1n) is 4.96. The first-order chi connectivity index (χ1) is 6.64. The molecule has 0 bridgehead atoms. The van der Waals surface area contributed by atoms with E-state index in [1.165, 1.54) is 5.56 Å². The highest BCUT2D eigenvalue weighted by Crippen LogP contribution is 2.42. The Balaban J connectivity index is 2.16. The molecule has 1 aliphatic carbocycles. The molecular formula is C12H16O2. The van der Waals surface area contributed by atoms with Crippen LogP contribution in [-0.4, -0.2) is 18.3 Å². The lowest BCUT2D eigenvalue weighted by molar-refractivity contribution is -0.133. The molecule has 14 heavy (non-hydrogen) atoms. The molecule has 0 atom stereocenters. The fourth-order valence-corrected chi connectivity index (χ4v) is 2.03. The smallest absolute Gasteiger partial charge is 0.0946 e. The van der Waals surface area contributed by atoms with Gasteiger partial charge in [0.2, 0.25) is 0 Å². The van der Waals surface area contributed by atoms with E-state index in [1.54, 1.807) is 7.11 Å². The van der Waals surface area contributed by atoms with Crippen LogP contribution < -0.4 is 0 Å². The van der Waals surface area contributed by atoms with Crippen LogP contribution in [0.5, 0.6) is 0 Å². The van der Waals surface area contributed by atoms with Crippen molar-refractivity contribution in [3.8, 4) is 0 Å². The van der Waals surface area contributed by atoms with Gasteiger partial charge in [-0.25, -0.2) is 0 Å². The summed E-state index contributed by atoms with van der Waals surface area (Å²) >= 11 is 0. The summed E-state index contributed by atoms with van der Waals surface area (Å²) in [6.45, 7) is 2.04. The normalized spacial score (nSPS) is 31.2. The maximum atomic E-state index is 10.2. The number of hydrogen-bond acceptors (Lipinski definition) is 2. The quantitative estimate of drug-likeness (QED) is 0.776. The maximum absolute atomic E-state index is 10.2. The van der Waals surface area contributed by atoms with Crippen LogP contribution in [-0.2, 0) is 10.3 Å². The summed E-state index contributed by atoms with van der Waals surface area (Å²) in [5.74, 6) is 0. The van der Waals surface area contributed by atoms with Crippen molar-refractivity contribution in [2.45, 2.75) is 31.5 Å². The van der Waals surface area contributed by atoms with Crippen molar-refractivity contribution in [3.05, 3.63) is 35.4 Å². The lowest BCUT2D eigenvalue weighted by Gasteiger charge is -2.43. The van der Waals surface area contributed by atoms with Crippen LogP contribution >= 0.6 is 0 Å². The number of ether oxygens (including phenoxy) is 1. The predicted molar refractivity (Wildman–Crippen MR) is 55.1 cm³/mol. The molecule has 1 N–H and O–H groups in total. The van der Waals surface area contributed by atoms with Crippen molar-refractivity contribution in [3.63, 3.8) is 0 Å². The highest BCUT2D eigenvalue weighted by atomic mass is 16.5. The zero-order valence-electron chi connectivity index (χ0n) is 8.66. The average molecular weight is 192 g/mol. The van der Waals surface area contributed by atoms with Crippen molar-refractivity contribution < 1.29 is 9.84 Å². The Kier molecular flexibility index (Phi) is 2.33. The van der Waals surface area contributed by atoms with Crippen molar-refractivity contribution in [1.82, 2.24) is 0 Å². The molecule has 1 fully saturated rings. The van der Waals surface area contributed by atoms with Crippen LogP contribution in [0.15, 0.2) is 24.3 Å². The van der Waals surface area contributed by atoms with Gasteiger partial charge in [0.25, 0.3) is 0 Å². The third-order valence-electron chi connectivity index (χ3n) is 3.02. The molecule has 76 valence electrons. The minimum Gasteiger partial charge on any atom is -0.385 e. The van der Waals surface area contributed by atoms with Crippen molar-refractivity contribution >= 4 is 0 Å². The van der Waals surface area contributed by atoms with Gasteiger partial charge >= 0.3 is 0 Å². The van der Waals surface area contributed by atoms with Crippen LogP contribution in [0, 0.1) is 6.92 Å². The van der Waals surface area contributed by atoms with Gasteiger partial charge in [-0.15, -0.1) is 0 Å². The summed E-state index contributed by atoms with van der Waals surface area (Å²) in [4.78, 5) is 0. The largest absolute Gasteiger partial charge is 0.385 e. The summed E-state index contributed by atoms with van der Waals surface area (Å²) in [5, 5.41) is 10.2. The molecule has 1 aromatic carbocycles. The summed E-state index contributed by atoms with van der Waals surface area (Å²) in [7, 11) is 1.69. The van der Waals surface area contributed by atoms with E-state index < -0.39 is 5.60 Å². The summed E-state index contributed by atoms with van der Waals surface area (Å²) in [6.07, 6.45) is 1.65. The van der Waals surface area contributed by atoms with E-state index in [1.807, 2.05) is 31.2 Å². The van der Waals surface area contributed by atoms with Gasteiger partial charge < -0.3 is 9.84 Å². The van der Waals surface area contributed by atoms with E-state index in [2.05, 4.69) is 0 Å². The van der Waals surface area contributed by atoms with E-state index in [-0.39, 0.29) is 6.10 Å². The average Bonchev–Trinajstić information content (AvgIpc) is 2.13. The maximum Gasteiger partial charge on any atom is 0.0946 e. The highest BCUT2D eigenvalue weighted by molar-refractivity contribution is 5.29. The second kappa shape index (κ2) is 3.37. The predicted octanol–water partition coefficient (Wildman–Crippen LogP) is 1.99. The molecule has 0 aliphatic heterocycles. The molecule has 1 saturated carbocycles. The van der Waals surface area contributed by atoms with Gasteiger partial charge in [-0.2, -0.15) is 0 Å². The number of aliphatic hydroxyl groups is 1. The second-order valence-electron chi connectivity index (χ2n) is 4.17. The molecule has 0 radical (unpaired) electrons. The van der Waals surface area contributed by atoms with Gasteiger partial charge in [-0.05, 0) is 12.5 Å². The van der Waals surface area contributed by atoms with Gasteiger partial charge in [0, 0.05) is 20.0 Å². The molecule has 0 amide bonds. The highest BCUT2D eigenvalue weighted by Gasteiger charge is 2.44. The van der Waals surface area contributed by atoms with Gasteiger partial charge in [0.15, 0.2) is 0 Å². The van der Waals surface area contributed by atoms with E-state index in [0.29, 0.717) is 12.8 Å². The van der Waals surface area contributed by atoms with Crippen molar-refractivity contribution in [1.29, 1.82) is 0 Å². The summed E-state index contributed by atoms with van der Waals surface area (Å²) in [5.41, 5.74) is 1.56. The van der Waals surface area contributed by atoms with Crippen molar-refractivity contribution in [2.75, 3.05) is 7.11 Å². The van der Waals surface area contributed by atoms with Crippen LogP contribution in [0.3, 0.4) is 0 Å². The molecule has 1 aliphatic rings. The minimum absolute atomic E-state index is 0.223. The third kappa shape index (κ3) is 1.56. The van der Waals surface area contributed by atoms with Gasteiger partial charge in [-0.3, -0.25) is 0 Å². The van der Waals surface area contributed by atoms with Gasteiger partial charge in [-0.1, -0.05) is 29.8 Å². The molecule has 2 nitrogen and oxygen atoms in total. The Morgan fingerprint density at radius 1 is 1.43 bits per heavy atom. The molecule has 0 unspecified atom stereocenters. The zero-order valence-corrected chi connectivity index (χ0v) is 8.66. The van der Waals surface area contributed by atoms with Crippen LogP contribution in [0.4, 0.5) is 0 Å². The topological polar surface area (TPSA) is 29.5 Å². The Morgan fingerprint density at radius 3 is 2.71 bits per heavy atom. The first kappa shape index (κ1) is 9.69. The monoisotopic (exact) mass is 192 g/mol. The molecule has 0 saturated heterocycles. The number of aryl methyl sites for hydroxylation is 1. The minimum atomic E-state index is -0.646. The Labute approximate surface area is 84.5 Å². The number of rotatable bonds is 2. The van der Waals surface area contributed by atoms with Gasteiger partial charge in [0.05, 0.1) is 11.7 Å². The van der Waals surface area contributed by atoms with Crippen LogP contribution in [0.2, 0.25) is 0 Å². The van der Waals surface area contributed by atoms with E-state index in [0.717, 1.165) is 5.56 Å². The fourth-order valence-electron chi connectivity index (χ4n) is 2.03. The molecule has 2 heteroatoms. The van der Waals surface area contributed by atoms with Gasteiger partial charge in [0.1, 0.15) is 0 Å². The Morgan fingerprint density at radius 2 is 2.14 bits per heavy atom. The molecule has 2 rings (SSSR count). The fraction of sp³-hybridized carbons (Fsp3) is 0.500. The van der Waals surface area contributed by atoms with Crippen LogP contribution in [0.1, 0.15) is 24.0 Å². The Bertz CT molecular complexity index is 327. The molecule has 0 heterocycles. The number of benzene rings is 1. The third-order valence-corrected chi connectivity index (χ3v) is 3.02. The number of hydrogen-bond donors (Lipinski definition) is 1. The lowest BCUT2D eigenvalue weighted by atomic mass is 9.72. The second-order valence-corrected chi connectivity index (χ2v) is 4.17. The zero-order chi connectivity index (χ0) is 10.2. The lowest BCUT2D eigenvalue weighted by Crippen LogP contribution is -2.45. The SMILES string of the molecule is COC1CC(O)(c2cccc(C)c2)C1. The first-order valence-corrected chi connectivity index (χ1v) is 4.96. The van der Waals surface area contributed by atoms with E-state index in [9.17, 15) is 5.11 Å². The van der Waals surface area contributed by atoms with Crippen molar-refractivity contribution in [2.24, 2.45) is 0 Å².